The van der Waals surface area contributed by atoms with Crippen LogP contribution in [0.2, 0.25) is 0 Å². The smallest absolute Gasteiger partial charge is 0.149 e. The third kappa shape index (κ3) is 1.47. The lowest BCUT2D eigenvalue weighted by molar-refractivity contribution is -0.268. The van der Waals surface area contributed by atoms with Gasteiger partial charge in [0.15, 0.2) is 0 Å². The van der Waals surface area contributed by atoms with Crippen LogP contribution < -0.4 is 10.6 Å². The number of rotatable bonds is 2. The van der Waals surface area contributed by atoms with Crippen molar-refractivity contribution >= 4 is 12.0 Å². The van der Waals surface area contributed by atoms with Crippen molar-refractivity contribution in [3.8, 4) is 5.75 Å². The van der Waals surface area contributed by atoms with Crippen molar-refractivity contribution in [2.75, 3.05) is 5.48 Å². The zero-order valence-corrected chi connectivity index (χ0v) is 5.57. The molecule has 1 rings (SSSR count). The van der Waals surface area contributed by atoms with Crippen LogP contribution in [0, 0.1) is 0 Å². The Balaban J connectivity index is 3.12. The van der Waals surface area contributed by atoms with Gasteiger partial charge in [0.05, 0.1) is 5.69 Å². The number of hydrogen-bond donors (Lipinski definition) is 2. The summed E-state index contributed by atoms with van der Waals surface area (Å²) >= 11 is 0. The zero-order chi connectivity index (χ0) is 8.27. The van der Waals surface area contributed by atoms with E-state index in [0.29, 0.717) is 12.0 Å². The van der Waals surface area contributed by atoms with Gasteiger partial charge in [0.1, 0.15) is 6.29 Å². The maximum absolute atomic E-state index is 10.8. The molecule has 0 bridgehead atoms. The SMILES string of the molecule is O=Cc1cc(NO)ccc1[O-]. The molecule has 0 saturated heterocycles. The largest absolute Gasteiger partial charge is 0.872 e. The molecule has 0 unspecified atom stereocenters. The van der Waals surface area contributed by atoms with Crippen LogP contribution in [0.5, 0.6) is 5.75 Å². The van der Waals surface area contributed by atoms with Gasteiger partial charge < -0.3 is 5.11 Å². The van der Waals surface area contributed by atoms with Crippen LogP contribution in [-0.2, 0) is 0 Å². The van der Waals surface area contributed by atoms with Crippen molar-refractivity contribution in [1.82, 2.24) is 0 Å². The Morgan fingerprint density at radius 1 is 1.55 bits per heavy atom. The molecule has 1 aromatic rings. The second-order valence-corrected chi connectivity index (χ2v) is 1.98. The van der Waals surface area contributed by atoms with Crippen molar-refractivity contribution in [2.45, 2.75) is 0 Å². The molecule has 0 aliphatic heterocycles. The van der Waals surface area contributed by atoms with E-state index in [0.717, 1.165) is 0 Å². The topological polar surface area (TPSA) is 72.4 Å². The van der Waals surface area contributed by atoms with Gasteiger partial charge in [-0.2, -0.15) is 0 Å². The molecule has 0 radical (unpaired) electrons. The summed E-state index contributed by atoms with van der Waals surface area (Å²) in [6.45, 7) is 0. The van der Waals surface area contributed by atoms with Gasteiger partial charge >= 0.3 is 0 Å². The van der Waals surface area contributed by atoms with Crippen LogP contribution in [0.1, 0.15) is 10.4 Å². The molecular formula is C7H6NO3-. The molecule has 11 heavy (non-hydrogen) atoms. The summed E-state index contributed by atoms with van der Waals surface area (Å²) in [5, 5.41) is 19.2. The highest BCUT2D eigenvalue weighted by atomic mass is 16.5. The van der Waals surface area contributed by atoms with Gasteiger partial charge in [-0.05, 0) is 12.1 Å². The minimum Gasteiger partial charge on any atom is -0.872 e. The second kappa shape index (κ2) is 3.03. The highest BCUT2D eigenvalue weighted by molar-refractivity contribution is 5.80. The van der Waals surface area contributed by atoms with E-state index in [9.17, 15) is 9.90 Å². The molecule has 58 valence electrons. The molecule has 2 N–H and O–H groups in total. The molecule has 0 aliphatic carbocycles. The highest BCUT2D eigenvalue weighted by Crippen LogP contribution is 2.16. The molecule has 4 heteroatoms. The fourth-order valence-corrected chi connectivity index (χ4v) is 0.710. The third-order valence-corrected chi connectivity index (χ3v) is 1.27. The molecular weight excluding hydrogens is 146 g/mol. The van der Waals surface area contributed by atoms with E-state index in [2.05, 4.69) is 0 Å². The van der Waals surface area contributed by atoms with Crippen molar-refractivity contribution < 1.29 is 15.1 Å². The van der Waals surface area contributed by atoms with E-state index in [1.807, 2.05) is 5.48 Å². The van der Waals surface area contributed by atoms with Crippen molar-refractivity contribution in [3.63, 3.8) is 0 Å². The minimum atomic E-state index is -0.348. The molecule has 0 amide bonds. The van der Waals surface area contributed by atoms with Crippen molar-refractivity contribution in [3.05, 3.63) is 23.8 Å². The van der Waals surface area contributed by atoms with Crippen molar-refractivity contribution in [1.29, 1.82) is 0 Å². The van der Waals surface area contributed by atoms with E-state index >= 15 is 0 Å². The third-order valence-electron chi connectivity index (χ3n) is 1.27. The quantitative estimate of drug-likeness (QED) is 0.474. The maximum Gasteiger partial charge on any atom is 0.149 e. The molecule has 0 fully saturated rings. The lowest BCUT2D eigenvalue weighted by Crippen LogP contribution is -1.97. The molecule has 0 heterocycles. The van der Waals surface area contributed by atoms with Gasteiger partial charge in [-0.3, -0.25) is 15.5 Å². The van der Waals surface area contributed by atoms with E-state index in [1.54, 1.807) is 0 Å². The molecule has 0 aromatic heterocycles. The first kappa shape index (κ1) is 7.56. The fraction of sp³-hybridized carbons (Fsp3) is 0. The predicted octanol–water partition coefficient (Wildman–Crippen LogP) is 0.374. The summed E-state index contributed by atoms with van der Waals surface area (Å²) in [5.74, 6) is -0.348. The monoisotopic (exact) mass is 152 g/mol. The molecule has 4 nitrogen and oxygen atoms in total. The Hall–Kier alpha value is -1.55. The maximum atomic E-state index is 10.8. The normalized spacial score (nSPS) is 9.18. The van der Waals surface area contributed by atoms with Gasteiger partial charge in [0, 0.05) is 5.56 Å². The van der Waals surface area contributed by atoms with Crippen LogP contribution in [-0.4, -0.2) is 11.5 Å². The highest BCUT2D eigenvalue weighted by Gasteiger charge is 1.93. The fourth-order valence-electron chi connectivity index (χ4n) is 0.710. The van der Waals surface area contributed by atoms with Crippen molar-refractivity contribution in [2.24, 2.45) is 0 Å². The van der Waals surface area contributed by atoms with Gasteiger partial charge in [-0.15, -0.1) is 0 Å². The van der Waals surface area contributed by atoms with E-state index in [-0.39, 0.29) is 11.3 Å². The summed E-state index contributed by atoms with van der Waals surface area (Å²) in [6.07, 6.45) is 0.448. The van der Waals surface area contributed by atoms with Crippen LogP contribution in [0.3, 0.4) is 0 Å². The average Bonchev–Trinajstić information content (AvgIpc) is 2.05. The number of aldehydes is 1. The summed E-state index contributed by atoms with van der Waals surface area (Å²) in [4.78, 5) is 10.2. The molecule has 0 spiro atoms. The Morgan fingerprint density at radius 2 is 2.27 bits per heavy atom. The first-order chi connectivity index (χ1) is 5.27. The standard InChI is InChI=1S/C7H7NO3/c9-4-5-3-6(8-11)1-2-7(5)10/h1-4,8,10-11H/p-1. The summed E-state index contributed by atoms with van der Waals surface area (Å²) < 4.78 is 0. The number of hydrogen-bond acceptors (Lipinski definition) is 4. The lowest BCUT2D eigenvalue weighted by Gasteiger charge is -2.08. The molecule has 0 aliphatic rings. The predicted molar refractivity (Wildman–Crippen MR) is 36.7 cm³/mol. The Morgan fingerprint density at radius 3 is 2.82 bits per heavy atom. The first-order valence-corrected chi connectivity index (χ1v) is 2.94. The Bertz CT molecular complexity index is 272. The number of carbonyl (C=O) groups excluding carboxylic acids is 1. The van der Waals surface area contributed by atoms with Gasteiger partial charge in [-0.25, -0.2) is 0 Å². The summed E-state index contributed by atoms with van der Waals surface area (Å²) in [7, 11) is 0. The number of carbonyl (C=O) groups is 1. The average molecular weight is 152 g/mol. The van der Waals surface area contributed by atoms with Crippen LogP contribution >= 0.6 is 0 Å². The van der Waals surface area contributed by atoms with Crippen LogP contribution in [0.4, 0.5) is 5.69 Å². The summed E-state index contributed by atoms with van der Waals surface area (Å²) in [5.41, 5.74) is 2.19. The minimum absolute atomic E-state index is 0.0315. The van der Waals surface area contributed by atoms with E-state index in [1.165, 1.54) is 18.2 Å². The number of nitrogens with one attached hydrogen (secondary N) is 1. The zero-order valence-electron chi connectivity index (χ0n) is 5.57. The lowest BCUT2D eigenvalue weighted by atomic mass is 10.2. The number of benzene rings is 1. The van der Waals surface area contributed by atoms with Gasteiger partial charge in [0.2, 0.25) is 0 Å². The Labute approximate surface area is 63.1 Å². The summed E-state index contributed by atoms with van der Waals surface area (Å²) in [6, 6.07) is 3.87. The molecule has 0 saturated carbocycles. The van der Waals surface area contributed by atoms with E-state index < -0.39 is 0 Å². The first-order valence-electron chi connectivity index (χ1n) is 2.94. The van der Waals surface area contributed by atoms with Crippen LogP contribution in [0.25, 0.3) is 0 Å². The van der Waals surface area contributed by atoms with Crippen LogP contribution in [0.15, 0.2) is 18.2 Å². The number of anilines is 1. The second-order valence-electron chi connectivity index (χ2n) is 1.98. The van der Waals surface area contributed by atoms with Gasteiger partial charge in [0.25, 0.3) is 0 Å². The van der Waals surface area contributed by atoms with E-state index in [4.69, 9.17) is 5.21 Å². The molecule has 0 atom stereocenters. The van der Waals surface area contributed by atoms with Gasteiger partial charge in [-0.1, -0.05) is 11.8 Å². The Kier molecular flexibility index (Phi) is 2.08. The molecule has 1 aromatic carbocycles.